The summed E-state index contributed by atoms with van der Waals surface area (Å²) in [5.74, 6) is 0.465. The van der Waals surface area contributed by atoms with Gasteiger partial charge < -0.3 is 0 Å². The fourth-order valence-electron chi connectivity index (χ4n) is 2.30. The maximum atomic E-state index is 12.5. The van der Waals surface area contributed by atoms with Crippen molar-refractivity contribution in [3.05, 3.63) is 79.4 Å². The summed E-state index contributed by atoms with van der Waals surface area (Å²) < 4.78 is 1.72. The van der Waals surface area contributed by atoms with Gasteiger partial charge in [-0.15, -0.1) is 5.10 Å². The molecule has 3 heterocycles. The van der Waals surface area contributed by atoms with Gasteiger partial charge >= 0.3 is 0 Å². The molecule has 0 aliphatic carbocycles. The second-order valence-corrected chi connectivity index (χ2v) is 6.14. The van der Waals surface area contributed by atoms with Crippen molar-refractivity contribution in [1.29, 1.82) is 0 Å². The lowest BCUT2D eigenvalue weighted by Gasteiger charge is -1.92. The molecule has 25 heavy (non-hydrogen) atoms. The van der Waals surface area contributed by atoms with Gasteiger partial charge in [0.1, 0.15) is 0 Å². The summed E-state index contributed by atoms with van der Waals surface area (Å²) in [6.45, 7) is 0. The van der Waals surface area contributed by atoms with Crippen molar-refractivity contribution in [3.63, 3.8) is 0 Å². The van der Waals surface area contributed by atoms with E-state index in [1.54, 1.807) is 42.7 Å². The van der Waals surface area contributed by atoms with Crippen molar-refractivity contribution >= 4 is 28.1 Å². The van der Waals surface area contributed by atoms with Crippen LogP contribution in [0.3, 0.4) is 0 Å². The number of benzene rings is 1. The molecule has 0 saturated carbocycles. The molecule has 8 nitrogen and oxygen atoms in total. The molecule has 0 atom stereocenters. The number of rotatable bonds is 3. The second-order valence-electron chi connectivity index (χ2n) is 5.13. The van der Waals surface area contributed by atoms with Crippen LogP contribution in [0.25, 0.3) is 22.4 Å². The molecule has 0 amide bonds. The normalized spacial score (nSPS) is 11.9. The number of nitro benzene ring substituents is 1. The van der Waals surface area contributed by atoms with Crippen LogP contribution in [0.15, 0.2) is 53.6 Å². The highest BCUT2D eigenvalue weighted by molar-refractivity contribution is 7.15. The Labute approximate surface area is 143 Å². The van der Waals surface area contributed by atoms with Crippen molar-refractivity contribution in [2.45, 2.75) is 0 Å². The third kappa shape index (κ3) is 2.76. The average Bonchev–Trinajstić information content (AvgIpc) is 3.16. The zero-order valence-corrected chi connectivity index (χ0v) is 13.4. The third-order valence-corrected chi connectivity index (χ3v) is 4.48. The SMILES string of the molecule is O=c1/c(=C/c2ccc([N+](=O)[O-])cc2)sc2nc(-c3ccncc3)nn12. The summed E-state index contributed by atoms with van der Waals surface area (Å²) in [7, 11) is 0. The van der Waals surface area contributed by atoms with Gasteiger partial charge in [-0.3, -0.25) is 19.9 Å². The number of aromatic nitrogens is 4. The maximum absolute atomic E-state index is 12.5. The van der Waals surface area contributed by atoms with E-state index >= 15 is 0 Å². The molecule has 0 N–H and O–H groups in total. The van der Waals surface area contributed by atoms with E-state index in [9.17, 15) is 14.9 Å². The smallest absolute Gasteiger partial charge is 0.266 e. The molecule has 3 aromatic heterocycles. The van der Waals surface area contributed by atoms with Gasteiger partial charge in [0, 0.05) is 30.1 Å². The molecular formula is C16H9N5O3S. The quantitative estimate of drug-likeness (QED) is 0.411. The minimum atomic E-state index is -0.466. The highest BCUT2D eigenvalue weighted by Crippen LogP contribution is 2.15. The Balaban J connectivity index is 1.76. The molecule has 9 heteroatoms. The van der Waals surface area contributed by atoms with Crippen molar-refractivity contribution < 1.29 is 4.92 Å². The first-order chi connectivity index (χ1) is 12.1. The lowest BCUT2D eigenvalue weighted by atomic mass is 10.2. The van der Waals surface area contributed by atoms with Crippen LogP contribution in [0, 0.1) is 10.1 Å². The van der Waals surface area contributed by atoms with Crippen molar-refractivity contribution in [2.75, 3.05) is 0 Å². The lowest BCUT2D eigenvalue weighted by molar-refractivity contribution is -0.384. The molecule has 0 fully saturated rings. The standard InChI is InChI=1S/C16H9N5O3S/c22-15-13(9-10-1-3-12(4-2-10)21(23)24)25-16-18-14(19-20(15)16)11-5-7-17-8-6-11/h1-9H/b13-9-. The first kappa shape index (κ1) is 15.1. The molecule has 1 aromatic carbocycles. The predicted octanol–water partition coefficient (Wildman–Crippen LogP) is 1.67. The Morgan fingerprint density at radius 2 is 1.84 bits per heavy atom. The summed E-state index contributed by atoms with van der Waals surface area (Å²) in [6, 6.07) is 9.52. The minimum absolute atomic E-state index is 0.00383. The molecule has 0 aliphatic heterocycles. The Bertz CT molecular complexity index is 1180. The van der Waals surface area contributed by atoms with Gasteiger partial charge in [0.15, 0.2) is 5.82 Å². The molecule has 0 saturated heterocycles. The fourth-order valence-corrected chi connectivity index (χ4v) is 3.21. The monoisotopic (exact) mass is 351 g/mol. The fraction of sp³-hybridized carbons (Fsp3) is 0. The van der Waals surface area contributed by atoms with E-state index in [1.807, 2.05) is 0 Å². The molecule has 4 aromatic rings. The Hall–Kier alpha value is -3.46. The Morgan fingerprint density at radius 3 is 2.48 bits per heavy atom. The molecular weight excluding hydrogens is 342 g/mol. The molecule has 122 valence electrons. The van der Waals surface area contributed by atoms with Crippen LogP contribution in [0.1, 0.15) is 5.56 Å². The summed E-state index contributed by atoms with van der Waals surface area (Å²) in [5.41, 5.74) is 1.21. The van der Waals surface area contributed by atoms with Gasteiger partial charge in [-0.05, 0) is 35.9 Å². The van der Waals surface area contributed by atoms with Crippen LogP contribution in [-0.4, -0.2) is 24.5 Å². The number of hydrogen-bond acceptors (Lipinski definition) is 7. The van der Waals surface area contributed by atoms with E-state index in [1.165, 1.54) is 28.0 Å². The van der Waals surface area contributed by atoms with Gasteiger partial charge in [0.25, 0.3) is 11.2 Å². The van der Waals surface area contributed by atoms with Crippen molar-refractivity contribution in [1.82, 2.24) is 19.6 Å². The number of non-ortho nitro benzene ring substituents is 1. The Kier molecular flexibility index (Phi) is 3.55. The predicted molar refractivity (Wildman–Crippen MR) is 92.2 cm³/mol. The zero-order valence-electron chi connectivity index (χ0n) is 12.6. The van der Waals surface area contributed by atoms with E-state index in [-0.39, 0.29) is 11.2 Å². The minimum Gasteiger partial charge on any atom is -0.266 e. The van der Waals surface area contributed by atoms with E-state index in [0.29, 0.717) is 20.9 Å². The largest absolute Gasteiger partial charge is 0.291 e. The number of nitrogens with zero attached hydrogens (tertiary/aromatic N) is 5. The van der Waals surface area contributed by atoms with E-state index in [0.717, 1.165) is 5.56 Å². The molecule has 0 bridgehead atoms. The first-order valence-electron chi connectivity index (χ1n) is 7.18. The van der Waals surface area contributed by atoms with Gasteiger partial charge in [0.2, 0.25) is 4.96 Å². The topological polar surface area (TPSA) is 103 Å². The Morgan fingerprint density at radius 1 is 1.12 bits per heavy atom. The maximum Gasteiger partial charge on any atom is 0.291 e. The van der Waals surface area contributed by atoms with Crippen LogP contribution in [-0.2, 0) is 0 Å². The van der Waals surface area contributed by atoms with Gasteiger partial charge in [0.05, 0.1) is 9.46 Å². The van der Waals surface area contributed by atoms with Crippen molar-refractivity contribution in [2.24, 2.45) is 0 Å². The zero-order chi connectivity index (χ0) is 17.4. The van der Waals surface area contributed by atoms with E-state index in [4.69, 9.17) is 0 Å². The lowest BCUT2D eigenvalue weighted by Crippen LogP contribution is -2.23. The van der Waals surface area contributed by atoms with Crippen LogP contribution in [0.4, 0.5) is 5.69 Å². The number of thiazole rings is 1. The van der Waals surface area contributed by atoms with Crippen LogP contribution in [0.2, 0.25) is 0 Å². The van der Waals surface area contributed by atoms with Crippen LogP contribution in [0.5, 0.6) is 0 Å². The summed E-state index contributed by atoms with van der Waals surface area (Å²) in [4.78, 5) is 31.5. The van der Waals surface area contributed by atoms with Gasteiger partial charge in [-0.2, -0.15) is 9.50 Å². The second kappa shape index (κ2) is 5.87. The number of fused-ring (bicyclic) bond motifs is 1. The first-order valence-corrected chi connectivity index (χ1v) is 7.99. The highest BCUT2D eigenvalue weighted by atomic mass is 32.1. The molecule has 4 rings (SSSR count). The summed E-state index contributed by atoms with van der Waals surface area (Å²) in [6.07, 6.45) is 4.94. The number of pyridine rings is 1. The van der Waals surface area contributed by atoms with E-state index in [2.05, 4.69) is 15.1 Å². The molecule has 0 radical (unpaired) electrons. The summed E-state index contributed by atoms with van der Waals surface area (Å²) >= 11 is 1.22. The van der Waals surface area contributed by atoms with Crippen molar-refractivity contribution in [3.8, 4) is 11.4 Å². The number of nitro groups is 1. The highest BCUT2D eigenvalue weighted by Gasteiger charge is 2.12. The third-order valence-electron chi connectivity index (χ3n) is 3.52. The van der Waals surface area contributed by atoms with E-state index < -0.39 is 4.92 Å². The summed E-state index contributed by atoms with van der Waals surface area (Å²) in [5, 5.41) is 14.9. The van der Waals surface area contributed by atoms with Gasteiger partial charge in [-0.25, -0.2) is 0 Å². The average molecular weight is 351 g/mol. The van der Waals surface area contributed by atoms with Gasteiger partial charge in [-0.1, -0.05) is 11.3 Å². The van der Waals surface area contributed by atoms with Crippen LogP contribution >= 0.6 is 11.3 Å². The molecule has 0 spiro atoms. The van der Waals surface area contributed by atoms with Crippen LogP contribution < -0.4 is 10.1 Å². The number of hydrogen-bond donors (Lipinski definition) is 0. The molecule has 0 unspecified atom stereocenters. The molecule has 0 aliphatic rings.